The first-order chi connectivity index (χ1) is 15.2. The zero-order valence-electron chi connectivity index (χ0n) is 16.6. The standard InChI is InChI=1S/C28H18O3/c29-27-21-11-5-6-12-22(21)28(31-27)23-13-17-7-1-3-9-19(17)15-25(23)30-26-16-20-10-4-2-8-18(20)14-24(26)28/h1-17,19H. The van der Waals surface area contributed by atoms with E-state index in [9.17, 15) is 4.79 Å². The zero-order valence-corrected chi connectivity index (χ0v) is 16.6. The number of rotatable bonds is 0. The van der Waals surface area contributed by atoms with Crippen LogP contribution in [0.2, 0.25) is 0 Å². The van der Waals surface area contributed by atoms with Crippen LogP contribution in [-0.4, -0.2) is 5.97 Å². The van der Waals surface area contributed by atoms with Crippen LogP contribution in [0.5, 0.6) is 5.75 Å². The molecule has 3 nitrogen and oxygen atoms in total. The van der Waals surface area contributed by atoms with E-state index in [-0.39, 0.29) is 17.8 Å². The molecule has 0 aromatic heterocycles. The van der Waals surface area contributed by atoms with Crippen molar-refractivity contribution in [2.75, 3.05) is 0 Å². The molecule has 4 aliphatic rings. The molecule has 3 atom stereocenters. The second-order valence-electron chi connectivity index (χ2n) is 8.45. The van der Waals surface area contributed by atoms with Crippen LogP contribution < -0.4 is 4.74 Å². The molecule has 1 spiro atoms. The van der Waals surface area contributed by atoms with Gasteiger partial charge in [0, 0.05) is 28.5 Å². The summed E-state index contributed by atoms with van der Waals surface area (Å²) in [7, 11) is 0. The lowest BCUT2D eigenvalue weighted by Crippen LogP contribution is -2.38. The Hall–Kier alpha value is -3.85. The number of hydrogen-bond acceptors (Lipinski definition) is 3. The van der Waals surface area contributed by atoms with E-state index < -0.39 is 5.60 Å². The predicted octanol–water partition coefficient (Wildman–Crippen LogP) is 5.83. The molecule has 3 aromatic carbocycles. The number of benzene rings is 3. The summed E-state index contributed by atoms with van der Waals surface area (Å²) in [6, 6.07) is 20.1. The fourth-order valence-electron chi connectivity index (χ4n) is 5.35. The highest BCUT2D eigenvalue weighted by atomic mass is 16.6. The number of allylic oxidation sites excluding steroid dienone is 6. The average molecular weight is 402 g/mol. The molecule has 148 valence electrons. The molecule has 3 heteroatoms. The van der Waals surface area contributed by atoms with Crippen molar-refractivity contribution < 1.29 is 14.3 Å². The van der Waals surface area contributed by atoms with Gasteiger partial charge in [-0.25, -0.2) is 4.79 Å². The highest BCUT2D eigenvalue weighted by Crippen LogP contribution is 2.57. The van der Waals surface area contributed by atoms with Gasteiger partial charge in [0.15, 0.2) is 5.60 Å². The van der Waals surface area contributed by atoms with Crippen molar-refractivity contribution in [2.24, 2.45) is 11.8 Å². The highest BCUT2D eigenvalue weighted by molar-refractivity contribution is 5.98. The number of carbonyl (C=O) groups excluding carboxylic acids is 1. The van der Waals surface area contributed by atoms with E-state index >= 15 is 0 Å². The van der Waals surface area contributed by atoms with Crippen LogP contribution in [0.1, 0.15) is 21.5 Å². The van der Waals surface area contributed by atoms with E-state index in [1.807, 2.05) is 36.4 Å². The van der Waals surface area contributed by atoms with Crippen LogP contribution in [0.4, 0.5) is 0 Å². The molecule has 0 N–H and O–H groups in total. The third-order valence-electron chi connectivity index (χ3n) is 6.79. The Kier molecular flexibility index (Phi) is 3.19. The summed E-state index contributed by atoms with van der Waals surface area (Å²) in [6.45, 7) is 0. The summed E-state index contributed by atoms with van der Waals surface area (Å²) in [6.07, 6.45) is 12.9. The maximum absolute atomic E-state index is 13.0. The molecule has 3 aromatic rings. The second-order valence-corrected chi connectivity index (χ2v) is 8.45. The molecule has 3 unspecified atom stereocenters. The van der Waals surface area contributed by atoms with Gasteiger partial charge in [0.1, 0.15) is 11.5 Å². The van der Waals surface area contributed by atoms with Crippen molar-refractivity contribution in [1.82, 2.24) is 0 Å². The van der Waals surface area contributed by atoms with Gasteiger partial charge in [0.05, 0.1) is 5.56 Å². The summed E-state index contributed by atoms with van der Waals surface area (Å²) in [5.41, 5.74) is 2.28. The lowest BCUT2D eigenvalue weighted by atomic mass is 9.71. The van der Waals surface area contributed by atoms with Gasteiger partial charge in [0.2, 0.25) is 0 Å². The predicted molar refractivity (Wildman–Crippen MR) is 119 cm³/mol. The Labute approximate surface area is 179 Å². The largest absolute Gasteiger partial charge is 0.457 e. The normalized spacial score (nSPS) is 26.9. The molecule has 0 bridgehead atoms. The first-order valence-electron chi connectivity index (χ1n) is 10.6. The van der Waals surface area contributed by atoms with Gasteiger partial charge in [0.25, 0.3) is 0 Å². The van der Waals surface area contributed by atoms with Gasteiger partial charge in [-0.05, 0) is 35.0 Å². The van der Waals surface area contributed by atoms with Crippen LogP contribution >= 0.6 is 0 Å². The molecule has 0 saturated heterocycles. The third kappa shape index (κ3) is 2.15. The Bertz CT molecular complexity index is 1420. The first-order valence-corrected chi connectivity index (χ1v) is 10.6. The van der Waals surface area contributed by atoms with Crippen LogP contribution in [0.15, 0.2) is 108 Å². The molecule has 0 amide bonds. The third-order valence-corrected chi connectivity index (χ3v) is 6.79. The van der Waals surface area contributed by atoms with Gasteiger partial charge >= 0.3 is 5.97 Å². The summed E-state index contributed by atoms with van der Waals surface area (Å²) in [5.74, 6) is 1.65. The van der Waals surface area contributed by atoms with Crippen molar-refractivity contribution >= 4 is 16.7 Å². The maximum Gasteiger partial charge on any atom is 0.340 e. The molecule has 2 heterocycles. The number of carbonyl (C=O) groups is 1. The van der Waals surface area contributed by atoms with E-state index in [1.165, 1.54) is 0 Å². The summed E-state index contributed by atoms with van der Waals surface area (Å²) in [4.78, 5) is 13.0. The summed E-state index contributed by atoms with van der Waals surface area (Å²) in [5, 5.41) is 2.18. The van der Waals surface area contributed by atoms with Crippen LogP contribution in [0.25, 0.3) is 10.8 Å². The van der Waals surface area contributed by atoms with Crippen molar-refractivity contribution in [1.29, 1.82) is 0 Å². The van der Waals surface area contributed by atoms with E-state index in [0.29, 0.717) is 5.56 Å². The quantitative estimate of drug-likeness (QED) is 0.444. The Morgan fingerprint density at radius 2 is 1.48 bits per heavy atom. The monoisotopic (exact) mass is 402 g/mol. The molecular formula is C28H18O3. The second kappa shape index (κ2) is 5.86. The fourth-order valence-corrected chi connectivity index (χ4v) is 5.35. The Balaban J connectivity index is 1.58. The Morgan fingerprint density at radius 1 is 0.774 bits per heavy atom. The number of ether oxygens (including phenoxy) is 2. The van der Waals surface area contributed by atoms with E-state index in [2.05, 4.69) is 60.7 Å². The van der Waals surface area contributed by atoms with Gasteiger partial charge < -0.3 is 9.47 Å². The van der Waals surface area contributed by atoms with Crippen molar-refractivity contribution in [3.63, 3.8) is 0 Å². The van der Waals surface area contributed by atoms with E-state index in [4.69, 9.17) is 9.47 Å². The molecule has 31 heavy (non-hydrogen) atoms. The highest BCUT2D eigenvalue weighted by Gasteiger charge is 2.55. The van der Waals surface area contributed by atoms with Crippen molar-refractivity contribution in [3.05, 3.63) is 125 Å². The maximum atomic E-state index is 13.0. The molecule has 7 rings (SSSR count). The minimum atomic E-state index is -1.00. The molecule has 0 fully saturated rings. The molecular weight excluding hydrogens is 384 g/mol. The molecule has 0 saturated carbocycles. The minimum absolute atomic E-state index is 0.206. The zero-order chi connectivity index (χ0) is 20.6. The van der Waals surface area contributed by atoms with Gasteiger partial charge in [-0.1, -0.05) is 72.8 Å². The average Bonchev–Trinajstić information content (AvgIpc) is 3.10. The molecule has 0 radical (unpaired) electrons. The summed E-state index contributed by atoms with van der Waals surface area (Å²) >= 11 is 0. The van der Waals surface area contributed by atoms with Crippen LogP contribution in [-0.2, 0) is 10.3 Å². The SMILES string of the molecule is O=C1OC2(C3=CC4C=CC=CC4C=C3Oc3cc4ccccc4cc32)c2ccccc21. The number of esters is 1. The molecule has 2 aliphatic heterocycles. The Morgan fingerprint density at radius 3 is 2.32 bits per heavy atom. The van der Waals surface area contributed by atoms with Crippen molar-refractivity contribution in [2.45, 2.75) is 5.60 Å². The smallest absolute Gasteiger partial charge is 0.340 e. The lowest BCUT2D eigenvalue weighted by molar-refractivity contribution is 0.0197. The first kappa shape index (κ1) is 16.9. The molecule has 2 aliphatic carbocycles. The fraction of sp³-hybridized carbons (Fsp3) is 0.107. The lowest BCUT2D eigenvalue weighted by Gasteiger charge is -2.41. The van der Waals surface area contributed by atoms with E-state index in [1.54, 1.807) is 0 Å². The topological polar surface area (TPSA) is 35.5 Å². The van der Waals surface area contributed by atoms with E-state index in [0.717, 1.165) is 39.0 Å². The minimum Gasteiger partial charge on any atom is -0.457 e. The number of hydrogen-bond donors (Lipinski definition) is 0. The summed E-state index contributed by atoms with van der Waals surface area (Å²) < 4.78 is 12.8. The van der Waals surface area contributed by atoms with Crippen LogP contribution in [0.3, 0.4) is 0 Å². The van der Waals surface area contributed by atoms with Gasteiger partial charge in [-0.15, -0.1) is 0 Å². The number of fused-ring (bicyclic) bond motifs is 8. The van der Waals surface area contributed by atoms with Gasteiger partial charge in [-0.3, -0.25) is 0 Å². The van der Waals surface area contributed by atoms with Crippen LogP contribution in [0, 0.1) is 11.8 Å². The van der Waals surface area contributed by atoms with Gasteiger partial charge in [-0.2, -0.15) is 0 Å². The van der Waals surface area contributed by atoms with Crippen molar-refractivity contribution in [3.8, 4) is 5.75 Å².